The van der Waals surface area contributed by atoms with Gasteiger partial charge in [-0.25, -0.2) is 0 Å². The lowest BCUT2D eigenvalue weighted by molar-refractivity contribution is 0.760. The molecular formula is C10H14N4. The Morgan fingerprint density at radius 2 is 2.21 bits per heavy atom. The van der Waals surface area contributed by atoms with Gasteiger partial charge in [0.15, 0.2) is 5.82 Å². The van der Waals surface area contributed by atoms with Crippen molar-refractivity contribution in [3.63, 3.8) is 0 Å². The van der Waals surface area contributed by atoms with Crippen molar-refractivity contribution in [1.29, 1.82) is 0 Å². The molecule has 0 saturated carbocycles. The summed E-state index contributed by atoms with van der Waals surface area (Å²) in [4.78, 5) is 4.39. The lowest BCUT2D eigenvalue weighted by Gasteiger charge is -2.13. The SMILES string of the molecule is C=C1C=C(C)Nc2nc(C(C)C)nn21. The Kier molecular flexibility index (Phi) is 1.91. The second kappa shape index (κ2) is 2.97. The number of anilines is 1. The average Bonchev–Trinajstić information content (AvgIpc) is 2.47. The van der Waals surface area contributed by atoms with Gasteiger partial charge in [-0.05, 0) is 13.0 Å². The molecule has 1 aromatic heterocycles. The highest BCUT2D eigenvalue weighted by molar-refractivity contribution is 5.64. The smallest absolute Gasteiger partial charge is 0.230 e. The predicted molar refractivity (Wildman–Crippen MR) is 56.8 cm³/mol. The van der Waals surface area contributed by atoms with Crippen LogP contribution in [0.3, 0.4) is 0 Å². The normalized spacial score (nSPS) is 15.1. The van der Waals surface area contributed by atoms with Crippen molar-refractivity contribution in [2.45, 2.75) is 26.7 Å². The maximum Gasteiger partial charge on any atom is 0.230 e. The number of rotatable bonds is 1. The third kappa shape index (κ3) is 1.32. The minimum atomic E-state index is 0.336. The minimum Gasteiger partial charge on any atom is -0.328 e. The largest absolute Gasteiger partial charge is 0.328 e. The molecule has 0 aliphatic carbocycles. The Morgan fingerprint density at radius 3 is 2.86 bits per heavy atom. The molecule has 1 aromatic rings. The van der Waals surface area contributed by atoms with Crippen LogP contribution in [-0.4, -0.2) is 14.8 Å². The third-order valence-electron chi connectivity index (χ3n) is 2.10. The van der Waals surface area contributed by atoms with Crippen molar-refractivity contribution < 1.29 is 0 Å². The van der Waals surface area contributed by atoms with Gasteiger partial charge in [0.05, 0.1) is 5.70 Å². The zero-order chi connectivity index (χ0) is 10.3. The molecule has 0 amide bonds. The molecule has 0 bridgehead atoms. The van der Waals surface area contributed by atoms with Gasteiger partial charge in [0, 0.05) is 11.6 Å². The van der Waals surface area contributed by atoms with E-state index < -0.39 is 0 Å². The molecule has 0 aromatic carbocycles. The van der Waals surface area contributed by atoms with Crippen molar-refractivity contribution in [2.24, 2.45) is 0 Å². The van der Waals surface area contributed by atoms with Gasteiger partial charge in [-0.3, -0.25) is 0 Å². The van der Waals surface area contributed by atoms with Gasteiger partial charge in [0.2, 0.25) is 5.95 Å². The zero-order valence-electron chi connectivity index (χ0n) is 8.70. The van der Waals surface area contributed by atoms with Crippen LogP contribution < -0.4 is 5.32 Å². The maximum atomic E-state index is 4.39. The van der Waals surface area contributed by atoms with Gasteiger partial charge >= 0.3 is 0 Å². The first kappa shape index (κ1) is 8.99. The first-order chi connectivity index (χ1) is 6.58. The van der Waals surface area contributed by atoms with E-state index in [2.05, 4.69) is 35.8 Å². The Morgan fingerprint density at radius 1 is 1.50 bits per heavy atom. The van der Waals surface area contributed by atoms with Crippen LogP contribution in [-0.2, 0) is 0 Å². The highest BCUT2D eigenvalue weighted by atomic mass is 15.4. The van der Waals surface area contributed by atoms with E-state index in [1.54, 1.807) is 4.68 Å². The van der Waals surface area contributed by atoms with Gasteiger partial charge in [0.1, 0.15) is 0 Å². The lowest BCUT2D eigenvalue weighted by atomic mass is 10.2. The van der Waals surface area contributed by atoms with Crippen LogP contribution in [0.2, 0.25) is 0 Å². The molecule has 0 fully saturated rings. The van der Waals surface area contributed by atoms with E-state index in [4.69, 9.17) is 0 Å². The van der Waals surface area contributed by atoms with E-state index in [1.807, 2.05) is 13.0 Å². The van der Waals surface area contributed by atoms with E-state index >= 15 is 0 Å². The first-order valence-electron chi connectivity index (χ1n) is 4.69. The number of hydrogen-bond acceptors (Lipinski definition) is 3. The molecule has 0 unspecified atom stereocenters. The summed E-state index contributed by atoms with van der Waals surface area (Å²) in [5, 5.41) is 7.52. The highest BCUT2D eigenvalue weighted by Crippen LogP contribution is 2.22. The van der Waals surface area contributed by atoms with Gasteiger partial charge in [0.25, 0.3) is 0 Å². The fourth-order valence-corrected chi connectivity index (χ4v) is 1.38. The standard InChI is InChI=1S/C10H14N4/c1-6(2)9-12-10-11-7(3)5-8(4)14(10)13-9/h5-6H,4H2,1-3H3,(H,11,12,13). The second-order valence-corrected chi connectivity index (χ2v) is 3.80. The fraction of sp³-hybridized carbons (Fsp3) is 0.400. The van der Waals surface area contributed by atoms with E-state index in [9.17, 15) is 0 Å². The van der Waals surface area contributed by atoms with Gasteiger partial charge < -0.3 is 5.32 Å². The van der Waals surface area contributed by atoms with Crippen molar-refractivity contribution in [3.8, 4) is 0 Å². The number of allylic oxidation sites excluding steroid dienone is 3. The number of nitrogens with zero attached hydrogens (tertiary/aromatic N) is 3. The summed E-state index contributed by atoms with van der Waals surface area (Å²) >= 11 is 0. The summed E-state index contributed by atoms with van der Waals surface area (Å²) in [6.45, 7) is 10.1. The average molecular weight is 190 g/mol. The van der Waals surface area contributed by atoms with Crippen LogP contribution in [0.15, 0.2) is 18.4 Å². The van der Waals surface area contributed by atoms with Crippen LogP contribution in [0, 0.1) is 0 Å². The molecule has 2 heterocycles. The molecule has 74 valence electrons. The molecule has 14 heavy (non-hydrogen) atoms. The van der Waals surface area contributed by atoms with Gasteiger partial charge in [-0.15, -0.1) is 5.10 Å². The Bertz CT molecular complexity index is 412. The summed E-state index contributed by atoms with van der Waals surface area (Å²) in [5.74, 6) is 1.94. The van der Waals surface area contributed by atoms with Gasteiger partial charge in [-0.2, -0.15) is 9.67 Å². The summed E-state index contributed by atoms with van der Waals surface area (Å²) in [6.07, 6.45) is 1.95. The molecule has 1 N–H and O–H groups in total. The summed E-state index contributed by atoms with van der Waals surface area (Å²) in [5.41, 5.74) is 1.90. The Labute approximate surface area is 83.3 Å². The molecule has 4 heteroatoms. The van der Waals surface area contributed by atoms with E-state index in [-0.39, 0.29) is 0 Å². The lowest BCUT2D eigenvalue weighted by Crippen LogP contribution is -2.11. The highest BCUT2D eigenvalue weighted by Gasteiger charge is 2.16. The maximum absolute atomic E-state index is 4.39. The monoisotopic (exact) mass is 190 g/mol. The van der Waals surface area contributed by atoms with Crippen molar-refractivity contribution in [3.05, 3.63) is 24.2 Å². The van der Waals surface area contributed by atoms with Crippen LogP contribution in [0.25, 0.3) is 5.70 Å². The fourth-order valence-electron chi connectivity index (χ4n) is 1.38. The second-order valence-electron chi connectivity index (χ2n) is 3.80. The van der Waals surface area contributed by atoms with Crippen LogP contribution in [0.1, 0.15) is 32.5 Å². The van der Waals surface area contributed by atoms with E-state index in [0.29, 0.717) is 5.92 Å². The summed E-state index contributed by atoms with van der Waals surface area (Å²) < 4.78 is 1.74. The van der Waals surface area contributed by atoms with Crippen LogP contribution in [0.4, 0.5) is 5.95 Å². The van der Waals surface area contributed by atoms with E-state index in [0.717, 1.165) is 23.2 Å². The Hall–Kier alpha value is -1.58. The minimum absolute atomic E-state index is 0.336. The van der Waals surface area contributed by atoms with Crippen LogP contribution in [0.5, 0.6) is 0 Å². The summed E-state index contributed by atoms with van der Waals surface area (Å²) in [7, 11) is 0. The van der Waals surface area contributed by atoms with Crippen molar-refractivity contribution in [1.82, 2.24) is 14.8 Å². The summed E-state index contributed by atoms with van der Waals surface area (Å²) in [6, 6.07) is 0. The molecule has 0 spiro atoms. The molecule has 0 saturated heterocycles. The molecule has 1 aliphatic rings. The number of fused-ring (bicyclic) bond motifs is 1. The molecule has 2 rings (SSSR count). The zero-order valence-corrected chi connectivity index (χ0v) is 8.70. The van der Waals surface area contributed by atoms with Gasteiger partial charge in [-0.1, -0.05) is 20.4 Å². The topological polar surface area (TPSA) is 42.7 Å². The third-order valence-corrected chi connectivity index (χ3v) is 2.10. The van der Waals surface area contributed by atoms with Crippen molar-refractivity contribution >= 4 is 11.6 Å². The molecule has 0 atom stereocenters. The molecule has 1 aliphatic heterocycles. The van der Waals surface area contributed by atoms with E-state index in [1.165, 1.54) is 0 Å². The Balaban J connectivity index is 2.45. The molecular weight excluding hydrogens is 176 g/mol. The predicted octanol–water partition coefficient (Wildman–Crippen LogP) is 2.20. The first-order valence-corrected chi connectivity index (χ1v) is 4.69. The number of nitrogens with one attached hydrogen (secondary N) is 1. The van der Waals surface area contributed by atoms with Crippen LogP contribution >= 0.6 is 0 Å². The number of aromatic nitrogens is 3. The quantitative estimate of drug-likeness (QED) is 0.738. The number of hydrogen-bond donors (Lipinski definition) is 1. The van der Waals surface area contributed by atoms with Crippen molar-refractivity contribution in [2.75, 3.05) is 5.32 Å². The molecule has 4 nitrogen and oxygen atoms in total. The molecule has 0 radical (unpaired) electrons.